The molecule has 1 saturated carbocycles. The molecule has 0 heterocycles. The quantitative estimate of drug-likeness (QED) is 0.860. The van der Waals surface area contributed by atoms with Crippen molar-refractivity contribution in [1.82, 2.24) is 0 Å². The highest BCUT2D eigenvalue weighted by Crippen LogP contribution is 2.48. The van der Waals surface area contributed by atoms with Gasteiger partial charge >= 0.3 is 0 Å². The van der Waals surface area contributed by atoms with E-state index >= 15 is 0 Å². The third-order valence-corrected chi connectivity index (χ3v) is 3.80. The SMILES string of the molecule is CCC1(CNc2cccc(Cl)c2C#N)CC1. The Kier molecular flexibility index (Phi) is 3.07. The Morgan fingerprint density at radius 1 is 1.50 bits per heavy atom. The van der Waals surface area contributed by atoms with Gasteiger partial charge in [0, 0.05) is 6.54 Å². The lowest BCUT2D eigenvalue weighted by molar-refractivity contribution is 0.521. The molecule has 16 heavy (non-hydrogen) atoms. The van der Waals surface area contributed by atoms with Gasteiger partial charge in [-0.25, -0.2) is 0 Å². The van der Waals surface area contributed by atoms with Gasteiger partial charge in [0.2, 0.25) is 0 Å². The molecular weight excluding hydrogens is 220 g/mol. The van der Waals surface area contributed by atoms with Gasteiger partial charge in [-0.2, -0.15) is 5.26 Å². The average molecular weight is 235 g/mol. The second-order valence-electron chi connectivity index (χ2n) is 4.48. The topological polar surface area (TPSA) is 35.8 Å². The van der Waals surface area contributed by atoms with Gasteiger partial charge in [-0.05, 0) is 36.8 Å². The first-order chi connectivity index (χ1) is 7.71. The molecule has 0 aliphatic heterocycles. The molecule has 0 bridgehead atoms. The zero-order chi connectivity index (χ0) is 11.6. The molecule has 1 fully saturated rings. The minimum absolute atomic E-state index is 0.467. The highest BCUT2D eigenvalue weighted by atomic mass is 35.5. The Bertz CT molecular complexity index is 430. The summed E-state index contributed by atoms with van der Waals surface area (Å²) in [5.41, 5.74) is 1.88. The first-order valence-electron chi connectivity index (χ1n) is 5.63. The molecule has 1 aromatic rings. The minimum atomic E-state index is 0.467. The van der Waals surface area contributed by atoms with Gasteiger partial charge in [0.1, 0.15) is 6.07 Å². The van der Waals surface area contributed by atoms with Crippen LogP contribution in [0.1, 0.15) is 31.7 Å². The molecule has 3 heteroatoms. The monoisotopic (exact) mass is 234 g/mol. The van der Waals surface area contributed by atoms with Gasteiger partial charge in [-0.3, -0.25) is 0 Å². The number of benzene rings is 1. The average Bonchev–Trinajstić information content (AvgIpc) is 3.07. The number of nitrogens with zero attached hydrogens (tertiary/aromatic N) is 1. The van der Waals surface area contributed by atoms with E-state index in [4.69, 9.17) is 16.9 Å². The molecule has 2 rings (SSSR count). The van der Waals surface area contributed by atoms with Crippen LogP contribution in [-0.2, 0) is 0 Å². The van der Waals surface area contributed by atoms with Crippen molar-refractivity contribution in [2.75, 3.05) is 11.9 Å². The normalized spacial score (nSPS) is 16.6. The molecule has 0 aromatic heterocycles. The fourth-order valence-electron chi connectivity index (χ4n) is 1.90. The third kappa shape index (κ3) is 2.15. The van der Waals surface area contributed by atoms with Crippen LogP contribution in [0.25, 0.3) is 0 Å². The van der Waals surface area contributed by atoms with Crippen LogP contribution in [0.5, 0.6) is 0 Å². The molecular formula is C13H15ClN2. The summed E-state index contributed by atoms with van der Waals surface area (Å²) in [5, 5.41) is 12.9. The lowest BCUT2D eigenvalue weighted by Gasteiger charge is -2.15. The molecule has 1 aliphatic carbocycles. The van der Waals surface area contributed by atoms with Crippen molar-refractivity contribution in [1.29, 1.82) is 5.26 Å². The lowest BCUT2D eigenvalue weighted by atomic mass is 10.0. The predicted octanol–water partition coefficient (Wildman–Crippen LogP) is 3.81. The number of nitrogens with one attached hydrogen (secondary N) is 1. The van der Waals surface area contributed by atoms with Crippen LogP contribution in [0.2, 0.25) is 5.02 Å². The van der Waals surface area contributed by atoms with Crippen LogP contribution in [-0.4, -0.2) is 6.54 Å². The van der Waals surface area contributed by atoms with E-state index in [1.807, 2.05) is 12.1 Å². The Balaban J connectivity index is 2.10. The van der Waals surface area contributed by atoms with E-state index in [0.29, 0.717) is 16.0 Å². The van der Waals surface area contributed by atoms with Gasteiger partial charge < -0.3 is 5.32 Å². The van der Waals surface area contributed by atoms with Crippen LogP contribution in [0.15, 0.2) is 18.2 Å². The van der Waals surface area contributed by atoms with Crippen molar-refractivity contribution >= 4 is 17.3 Å². The number of anilines is 1. The van der Waals surface area contributed by atoms with E-state index < -0.39 is 0 Å². The van der Waals surface area contributed by atoms with Gasteiger partial charge in [0.15, 0.2) is 0 Å². The van der Waals surface area contributed by atoms with Crippen LogP contribution in [0, 0.1) is 16.7 Å². The Hall–Kier alpha value is -1.20. The third-order valence-electron chi connectivity index (χ3n) is 3.49. The fourth-order valence-corrected chi connectivity index (χ4v) is 2.12. The Labute approximate surface area is 101 Å². The maximum atomic E-state index is 9.03. The molecule has 1 aromatic carbocycles. The number of hydrogen-bond donors (Lipinski definition) is 1. The van der Waals surface area contributed by atoms with Crippen molar-refractivity contribution in [3.8, 4) is 6.07 Å². The Morgan fingerprint density at radius 3 is 2.81 bits per heavy atom. The zero-order valence-electron chi connectivity index (χ0n) is 9.39. The van der Waals surface area contributed by atoms with Crippen molar-refractivity contribution in [2.24, 2.45) is 5.41 Å². The van der Waals surface area contributed by atoms with E-state index in [1.54, 1.807) is 6.07 Å². The van der Waals surface area contributed by atoms with Gasteiger partial charge in [0.25, 0.3) is 0 Å². The summed E-state index contributed by atoms with van der Waals surface area (Å²) in [6.07, 6.45) is 3.78. The van der Waals surface area contributed by atoms with E-state index in [0.717, 1.165) is 12.2 Å². The van der Waals surface area contributed by atoms with Crippen LogP contribution >= 0.6 is 11.6 Å². The first-order valence-corrected chi connectivity index (χ1v) is 6.01. The van der Waals surface area contributed by atoms with Gasteiger partial charge in [0.05, 0.1) is 16.3 Å². The molecule has 0 spiro atoms. The molecule has 1 aliphatic rings. The summed E-state index contributed by atoms with van der Waals surface area (Å²) in [6, 6.07) is 7.68. The highest BCUT2D eigenvalue weighted by molar-refractivity contribution is 6.32. The standard InChI is InChI=1S/C13H15ClN2/c1-2-13(6-7-13)9-16-12-5-3-4-11(14)10(12)8-15/h3-5,16H,2,6-7,9H2,1H3. The highest BCUT2D eigenvalue weighted by Gasteiger charge is 2.40. The Morgan fingerprint density at radius 2 is 2.25 bits per heavy atom. The number of halogens is 1. The van der Waals surface area contributed by atoms with Crippen molar-refractivity contribution in [3.05, 3.63) is 28.8 Å². The molecule has 0 atom stereocenters. The van der Waals surface area contributed by atoms with E-state index in [9.17, 15) is 0 Å². The smallest absolute Gasteiger partial charge is 0.103 e. The molecule has 0 amide bonds. The molecule has 1 N–H and O–H groups in total. The molecule has 0 radical (unpaired) electrons. The fraction of sp³-hybridized carbons (Fsp3) is 0.462. The van der Waals surface area contributed by atoms with Gasteiger partial charge in [-0.15, -0.1) is 0 Å². The predicted molar refractivity (Wildman–Crippen MR) is 66.6 cm³/mol. The zero-order valence-corrected chi connectivity index (χ0v) is 10.1. The second kappa shape index (κ2) is 4.35. The van der Waals surface area contributed by atoms with Crippen molar-refractivity contribution in [2.45, 2.75) is 26.2 Å². The molecule has 84 valence electrons. The minimum Gasteiger partial charge on any atom is -0.383 e. The number of rotatable bonds is 4. The summed E-state index contributed by atoms with van der Waals surface area (Å²) in [6.45, 7) is 3.16. The van der Waals surface area contributed by atoms with Crippen LogP contribution < -0.4 is 5.32 Å². The number of hydrogen-bond acceptors (Lipinski definition) is 2. The van der Waals surface area contributed by atoms with Gasteiger partial charge in [-0.1, -0.05) is 24.6 Å². The number of nitriles is 1. The summed E-state index contributed by atoms with van der Waals surface area (Å²) >= 11 is 5.97. The summed E-state index contributed by atoms with van der Waals surface area (Å²) < 4.78 is 0. The maximum absolute atomic E-state index is 9.03. The maximum Gasteiger partial charge on any atom is 0.103 e. The summed E-state index contributed by atoms with van der Waals surface area (Å²) in [7, 11) is 0. The van der Waals surface area contributed by atoms with E-state index in [1.165, 1.54) is 19.3 Å². The first kappa shape index (κ1) is 11.3. The molecule has 0 unspecified atom stereocenters. The molecule has 0 saturated heterocycles. The molecule has 2 nitrogen and oxygen atoms in total. The van der Waals surface area contributed by atoms with Crippen LogP contribution in [0.3, 0.4) is 0 Å². The lowest BCUT2D eigenvalue weighted by Crippen LogP contribution is -2.15. The summed E-state index contributed by atoms with van der Waals surface area (Å²) in [5.74, 6) is 0. The second-order valence-corrected chi connectivity index (χ2v) is 4.89. The largest absolute Gasteiger partial charge is 0.383 e. The van der Waals surface area contributed by atoms with E-state index in [-0.39, 0.29) is 0 Å². The van der Waals surface area contributed by atoms with E-state index in [2.05, 4.69) is 18.3 Å². The van der Waals surface area contributed by atoms with Crippen LogP contribution in [0.4, 0.5) is 5.69 Å². The summed E-state index contributed by atoms with van der Waals surface area (Å²) in [4.78, 5) is 0. The van der Waals surface area contributed by atoms with Crippen molar-refractivity contribution < 1.29 is 0 Å². The van der Waals surface area contributed by atoms with Crippen molar-refractivity contribution in [3.63, 3.8) is 0 Å².